The van der Waals surface area contributed by atoms with E-state index in [0.29, 0.717) is 34.7 Å². The van der Waals surface area contributed by atoms with Crippen molar-refractivity contribution < 1.29 is 19.0 Å². The molecule has 4 heterocycles. The number of aromatic nitrogens is 2. The van der Waals surface area contributed by atoms with E-state index in [-0.39, 0.29) is 36.0 Å². The first-order valence-electron chi connectivity index (χ1n) is 11.8. The van der Waals surface area contributed by atoms with E-state index in [0.717, 1.165) is 41.3 Å². The molecule has 7 nitrogen and oxygen atoms in total. The summed E-state index contributed by atoms with van der Waals surface area (Å²) in [6.45, 7) is 5.85. The van der Waals surface area contributed by atoms with Crippen LogP contribution in [0.5, 0.6) is 0 Å². The Morgan fingerprint density at radius 3 is 2.71 bits per heavy atom. The molecule has 6 rings (SSSR count). The molecule has 0 saturated heterocycles. The zero-order valence-electron chi connectivity index (χ0n) is 19.4. The number of aryl methyl sites for hydroxylation is 2. The molecule has 2 aromatic heterocycles. The number of carbonyl (C=O) groups is 1. The fraction of sp³-hybridized carbons (Fsp3) is 0.423. The number of aliphatic hydroxyl groups is 1. The second kappa shape index (κ2) is 7.12. The molecule has 0 amide bonds. The fourth-order valence-electron chi connectivity index (χ4n) is 5.80. The van der Waals surface area contributed by atoms with Crippen molar-refractivity contribution in [3.05, 3.63) is 56.1 Å². The molecule has 0 bridgehead atoms. The molecule has 0 radical (unpaired) electrons. The molecule has 8 heteroatoms. The summed E-state index contributed by atoms with van der Waals surface area (Å²) in [5.74, 6) is -1.08. The molecule has 3 aliphatic rings. The van der Waals surface area contributed by atoms with Gasteiger partial charge < -0.3 is 19.7 Å². The van der Waals surface area contributed by atoms with Crippen molar-refractivity contribution in [1.82, 2.24) is 9.55 Å². The summed E-state index contributed by atoms with van der Waals surface area (Å²) in [4.78, 5) is 30.7. The number of fused-ring (bicyclic) bond motifs is 5. The van der Waals surface area contributed by atoms with Gasteiger partial charge >= 0.3 is 5.97 Å². The standard InChI is InChI=1S/C26H26FN3O4/c1-4-26(33)17-8-20-23-15(10-30(20)24(31)16(17)11-34-25(26)32)13-6-5-7-14-21(13)19(29-23)9-18(27)22(14)28-12(2)3/h8-9,12,28,33H,4-7,10-11H2,1-3H3/t26-/m0/s1. The Morgan fingerprint density at radius 2 is 1.97 bits per heavy atom. The number of ether oxygens (including phenoxy) is 1. The van der Waals surface area contributed by atoms with Gasteiger partial charge in [0.05, 0.1) is 34.7 Å². The van der Waals surface area contributed by atoms with Crippen molar-refractivity contribution in [3.63, 3.8) is 0 Å². The summed E-state index contributed by atoms with van der Waals surface area (Å²) < 4.78 is 22.0. The van der Waals surface area contributed by atoms with Gasteiger partial charge in [0.1, 0.15) is 12.4 Å². The van der Waals surface area contributed by atoms with Gasteiger partial charge in [-0.25, -0.2) is 14.2 Å². The van der Waals surface area contributed by atoms with Gasteiger partial charge in [-0.05, 0) is 56.7 Å². The Labute approximate surface area is 195 Å². The molecule has 1 aliphatic carbocycles. The molecule has 1 atom stereocenters. The highest BCUT2D eigenvalue weighted by molar-refractivity contribution is 5.95. The van der Waals surface area contributed by atoms with E-state index in [1.165, 1.54) is 6.07 Å². The Bertz CT molecular complexity index is 1480. The van der Waals surface area contributed by atoms with Crippen molar-refractivity contribution in [2.75, 3.05) is 5.32 Å². The highest BCUT2D eigenvalue weighted by atomic mass is 19.1. The van der Waals surface area contributed by atoms with E-state index >= 15 is 4.39 Å². The summed E-state index contributed by atoms with van der Waals surface area (Å²) in [5.41, 5.74) is 3.72. The first-order valence-corrected chi connectivity index (χ1v) is 11.8. The van der Waals surface area contributed by atoms with E-state index in [4.69, 9.17) is 9.72 Å². The zero-order chi connectivity index (χ0) is 23.9. The molecule has 0 saturated carbocycles. The number of anilines is 1. The Balaban J connectivity index is 1.63. The lowest BCUT2D eigenvalue weighted by molar-refractivity contribution is -0.172. The minimum absolute atomic E-state index is 0.0885. The lowest BCUT2D eigenvalue weighted by atomic mass is 9.85. The first kappa shape index (κ1) is 21.3. The van der Waals surface area contributed by atoms with E-state index < -0.39 is 11.6 Å². The predicted molar refractivity (Wildman–Crippen MR) is 125 cm³/mol. The fourth-order valence-corrected chi connectivity index (χ4v) is 5.80. The van der Waals surface area contributed by atoms with E-state index in [2.05, 4.69) is 5.32 Å². The molecular weight excluding hydrogens is 437 g/mol. The van der Waals surface area contributed by atoms with Gasteiger partial charge in [0, 0.05) is 28.6 Å². The normalized spacial score (nSPS) is 20.2. The average molecular weight is 464 g/mol. The Kier molecular flexibility index (Phi) is 4.46. The van der Waals surface area contributed by atoms with Crippen molar-refractivity contribution in [2.24, 2.45) is 0 Å². The van der Waals surface area contributed by atoms with Crippen LogP contribution in [0.15, 0.2) is 16.9 Å². The van der Waals surface area contributed by atoms with Gasteiger partial charge in [-0.2, -0.15) is 0 Å². The minimum atomic E-state index is -1.87. The topological polar surface area (TPSA) is 93.5 Å². The maximum atomic E-state index is 15.2. The number of esters is 1. The summed E-state index contributed by atoms with van der Waals surface area (Å²) in [6.07, 6.45) is 2.56. The van der Waals surface area contributed by atoms with Gasteiger partial charge in [0.15, 0.2) is 5.60 Å². The lowest BCUT2D eigenvalue weighted by Crippen LogP contribution is -2.44. The van der Waals surface area contributed by atoms with Crippen LogP contribution in [0.2, 0.25) is 0 Å². The predicted octanol–water partition coefficient (Wildman–Crippen LogP) is 3.53. The number of rotatable bonds is 3. The third-order valence-corrected chi connectivity index (χ3v) is 7.43. The third-order valence-electron chi connectivity index (χ3n) is 7.43. The van der Waals surface area contributed by atoms with Crippen LogP contribution in [0.25, 0.3) is 22.3 Å². The number of pyridine rings is 2. The van der Waals surface area contributed by atoms with Gasteiger partial charge in [0.25, 0.3) is 5.56 Å². The van der Waals surface area contributed by atoms with Crippen LogP contribution in [0, 0.1) is 5.82 Å². The van der Waals surface area contributed by atoms with Crippen LogP contribution in [0.3, 0.4) is 0 Å². The second-order valence-corrected chi connectivity index (χ2v) is 9.78. The van der Waals surface area contributed by atoms with Gasteiger partial charge in [-0.15, -0.1) is 0 Å². The summed E-state index contributed by atoms with van der Waals surface area (Å²) in [5, 5.41) is 15.3. The zero-order valence-corrected chi connectivity index (χ0v) is 19.4. The molecule has 2 aliphatic heterocycles. The number of benzene rings is 1. The van der Waals surface area contributed by atoms with E-state index in [1.54, 1.807) is 17.6 Å². The van der Waals surface area contributed by atoms with Crippen LogP contribution in [0.4, 0.5) is 10.1 Å². The molecule has 1 aromatic carbocycles. The number of hydrogen-bond acceptors (Lipinski definition) is 6. The minimum Gasteiger partial charge on any atom is -0.458 e. The van der Waals surface area contributed by atoms with Gasteiger partial charge in [-0.1, -0.05) is 6.92 Å². The second-order valence-electron chi connectivity index (χ2n) is 9.78. The molecular formula is C26H26FN3O4. The lowest BCUT2D eigenvalue weighted by Gasteiger charge is -2.31. The quantitative estimate of drug-likeness (QED) is 0.452. The third kappa shape index (κ3) is 2.69. The number of halogens is 1. The highest BCUT2D eigenvalue weighted by Crippen LogP contribution is 2.44. The number of cyclic esters (lactones) is 1. The van der Waals surface area contributed by atoms with Crippen LogP contribution in [-0.2, 0) is 41.1 Å². The smallest absolute Gasteiger partial charge is 0.343 e. The molecule has 176 valence electrons. The number of hydrogen-bond donors (Lipinski definition) is 2. The van der Waals surface area contributed by atoms with Gasteiger partial charge in [-0.3, -0.25) is 4.79 Å². The van der Waals surface area contributed by atoms with Crippen molar-refractivity contribution in [1.29, 1.82) is 0 Å². The van der Waals surface area contributed by atoms with E-state index in [9.17, 15) is 14.7 Å². The molecule has 3 aromatic rings. The highest BCUT2D eigenvalue weighted by Gasteiger charge is 2.45. The van der Waals surface area contributed by atoms with Crippen molar-refractivity contribution >= 4 is 22.6 Å². The van der Waals surface area contributed by atoms with Crippen molar-refractivity contribution in [2.45, 2.75) is 71.2 Å². The Morgan fingerprint density at radius 1 is 1.21 bits per heavy atom. The number of nitrogens with one attached hydrogen (secondary N) is 1. The summed E-state index contributed by atoms with van der Waals surface area (Å²) >= 11 is 0. The average Bonchev–Trinajstić information content (AvgIpc) is 3.18. The summed E-state index contributed by atoms with van der Waals surface area (Å²) in [6, 6.07) is 3.26. The molecule has 34 heavy (non-hydrogen) atoms. The monoisotopic (exact) mass is 463 g/mol. The van der Waals surface area contributed by atoms with Gasteiger partial charge in [0.2, 0.25) is 0 Å². The first-order chi connectivity index (χ1) is 16.2. The Hall–Kier alpha value is -3.26. The molecule has 0 fully saturated rings. The molecule has 0 unspecified atom stereocenters. The maximum absolute atomic E-state index is 15.2. The number of carbonyl (C=O) groups excluding carboxylic acids is 1. The van der Waals surface area contributed by atoms with Crippen LogP contribution in [-0.4, -0.2) is 26.7 Å². The molecule has 0 spiro atoms. The van der Waals surface area contributed by atoms with E-state index in [1.807, 2.05) is 13.8 Å². The maximum Gasteiger partial charge on any atom is 0.343 e. The molecule has 2 N–H and O–H groups in total. The van der Waals surface area contributed by atoms with Crippen molar-refractivity contribution in [3.8, 4) is 11.4 Å². The summed E-state index contributed by atoms with van der Waals surface area (Å²) in [7, 11) is 0. The largest absolute Gasteiger partial charge is 0.458 e. The van der Waals surface area contributed by atoms with Crippen LogP contribution in [0.1, 0.15) is 61.4 Å². The van der Waals surface area contributed by atoms with Crippen LogP contribution >= 0.6 is 0 Å². The SMILES string of the molecule is CC[C@@]1(O)C(=O)OCc2c1cc1n(c2=O)Cc2c-1nc1cc(F)c(NC(C)C)c3c1c2CCC3. The number of nitrogens with zero attached hydrogens (tertiary/aromatic N) is 2. The van der Waals surface area contributed by atoms with Crippen LogP contribution < -0.4 is 10.9 Å².